The summed E-state index contributed by atoms with van der Waals surface area (Å²) >= 11 is 0. The van der Waals surface area contributed by atoms with E-state index < -0.39 is 144 Å². The van der Waals surface area contributed by atoms with Crippen molar-refractivity contribution >= 4 is 35.9 Å². The fourth-order valence-electron chi connectivity index (χ4n) is 5.62. The van der Waals surface area contributed by atoms with Crippen LogP contribution >= 0.6 is 7.92 Å². The van der Waals surface area contributed by atoms with Gasteiger partial charge in [-0.15, -0.1) is 21.9 Å². The van der Waals surface area contributed by atoms with E-state index in [1.807, 2.05) is 0 Å². The lowest BCUT2D eigenvalue weighted by molar-refractivity contribution is 0.378. The number of benzene rings is 4. The van der Waals surface area contributed by atoms with Crippen LogP contribution in [0.3, 0.4) is 0 Å². The van der Waals surface area contributed by atoms with Gasteiger partial charge < -0.3 is 0 Å². The molecule has 0 unspecified atom stereocenters. The topological polar surface area (TPSA) is 0 Å². The van der Waals surface area contributed by atoms with E-state index in [1.165, 1.54) is 18.5 Å². The number of hydrogen-bond donors (Lipinski definition) is 0. The van der Waals surface area contributed by atoms with Crippen LogP contribution in [0.15, 0.2) is 0 Å². The molecule has 0 radical (unpaired) electrons. The third-order valence-electron chi connectivity index (χ3n) is 8.21. The van der Waals surface area contributed by atoms with E-state index in [4.69, 9.17) is 0 Å². The molecule has 0 aliphatic heterocycles. The molecule has 0 nitrogen and oxygen atoms in total. The molecular weight excluding hydrogens is 782 g/mol. The quantitative estimate of drug-likeness (QED) is 0.0584. The summed E-state index contributed by atoms with van der Waals surface area (Å²) in [7, 11) is 0.137. The Kier molecular flexibility index (Phi) is 12.7. The van der Waals surface area contributed by atoms with Crippen LogP contribution < -0.4 is 21.9 Å². The summed E-state index contributed by atoms with van der Waals surface area (Å²) in [4.78, 5) is 0. The second-order valence-electron chi connectivity index (χ2n) is 10.6. The van der Waals surface area contributed by atoms with Crippen molar-refractivity contribution in [1.29, 1.82) is 0 Å². The molecule has 0 saturated carbocycles. The van der Waals surface area contributed by atoms with Crippen molar-refractivity contribution in [3.63, 3.8) is 0 Å². The molecule has 0 saturated heterocycles. The summed E-state index contributed by atoms with van der Waals surface area (Å²) in [6.07, 6.45) is -2.85. The molecule has 0 aromatic heterocycles. The summed E-state index contributed by atoms with van der Waals surface area (Å²) in [6, 6.07) is 0. The zero-order valence-electron chi connectivity index (χ0n) is 25.8. The molecule has 0 heterocycles. The Hall–Kier alpha value is -4.03. The molecule has 0 fully saturated rings. The average molecular weight is 798 g/mol. The maximum Gasteiger partial charge on any atom is 0.200 e. The Labute approximate surface area is 279 Å². The highest BCUT2D eigenvalue weighted by Gasteiger charge is 2.52. The minimum absolute atomic E-state index is 0.137. The van der Waals surface area contributed by atoms with Crippen molar-refractivity contribution in [2.45, 2.75) is 20.8 Å². The van der Waals surface area contributed by atoms with Crippen LogP contribution in [-0.4, -0.2) is 24.6 Å². The maximum atomic E-state index is 15.4. The highest BCUT2D eigenvalue weighted by atomic mass is 31.1. The van der Waals surface area contributed by atoms with Gasteiger partial charge >= 0.3 is 0 Å². The molecule has 22 heteroatoms. The van der Waals surface area contributed by atoms with Crippen LogP contribution in [0, 0.1) is 116 Å². The van der Waals surface area contributed by atoms with Gasteiger partial charge in [0.25, 0.3) is 0 Å². The van der Waals surface area contributed by atoms with E-state index >= 15 is 35.1 Å². The second-order valence-corrected chi connectivity index (χ2v) is 14.2. The molecule has 4 aromatic rings. The first-order valence-corrected chi connectivity index (χ1v) is 16.2. The van der Waals surface area contributed by atoms with E-state index in [9.17, 15) is 52.7 Å². The fourth-order valence-corrected chi connectivity index (χ4v) is 7.12. The minimum Gasteiger partial charge on any atom is -0.207 e. The van der Waals surface area contributed by atoms with Gasteiger partial charge in [0.15, 0.2) is 69.8 Å². The zero-order valence-corrected chi connectivity index (χ0v) is 26.8. The molecule has 284 valence electrons. The van der Waals surface area contributed by atoms with Gasteiger partial charge in [-0.25, -0.2) is 87.8 Å². The highest BCUT2D eigenvalue weighted by Crippen LogP contribution is 2.33. The van der Waals surface area contributed by atoms with Crippen molar-refractivity contribution in [2.24, 2.45) is 0 Å². The monoisotopic (exact) mass is 798 g/mol. The van der Waals surface area contributed by atoms with Crippen LogP contribution in [0.5, 0.6) is 0 Å². The van der Waals surface area contributed by atoms with Crippen molar-refractivity contribution in [3.8, 4) is 0 Å². The van der Waals surface area contributed by atoms with Crippen molar-refractivity contribution in [2.75, 3.05) is 18.5 Å². The predicted octanol–water partition coefficient (Wildman–Crippen LogP) is 8.11. The molecule has 0 aliphatic carbocycles. The highest BCUT2D eigenvalue weighted by molar-refractivity contribution is 7.57. The molecule has 0 atom stereocenters. The van der Waals surface area contributed by atoms with E-state index in [0.717, 1.165) is 0 Å². The van der Waals surface area contributed by atoms with Gasteiger partial charge in [0.1, 0.15) is 52.7 Å². The lowest BCUT2D eigenvalue weighted by Gasteiger charge is -2.44. The Morgan fingerprint density at radius 3 is 0.462 bits per heavy atom. The molecule has 52 heavy (non-hydrogen) atoms. The smallest absolute Gasteiger partial charge is 0.200 e. The van der Waals surface area contributed by atoms with Crippen LogP contribution in [0.1, 0.15) is 20.8 Å². The maximum absolute atomic E-state index is 15.4. The molecule has 0 amide bonds. The molecule has 4 aromatic carbocycles. The van der Waals surface area contributed by atoms with E-state index in [-0.39, 0.29) is 7.92 Å². The van der Waals surface area contributed by atoms with Crippen LogP contribution in [0.25, 0.3) is 0 Å². The Morgan fingerprint density at radius 2 is 0.365 bits per heavy atom. The first-order chi connectivity index (χ1) is 24.0. The molecule has 4 rings (SSSR count). The number of hydrogen-bond acceptors (Lipinski definition) is 0. The lowest BCUT2D eigenvalue weighted by atomic mass is 9.12. The summed E-state index contributed by atoms with van der Waals surface area (Å²) in [6.45, 7) is 6.92. The number of halogens is 20. The Bertz CT molecular complexity index is 1670. The molecule has 0 bridgehead atoms. The standard InChI is InChI=1S/C24BF20.C6H15P/c26-5-1(6(27)14(35)21(42)13(5)34)25(2-7(28)15(36)22(43)16(37)8(2)29,3-9(30)17(38)23(44)18(39)10(3)31)4-11(32)19(40)24(45)20(41)12(4)33;1-4-7(5-2)6-3/h;4-6H2,1-3H3/q-1;/p+1. The summed E-state index contributed by atoms with van der Waals surface area (Å²) in [5, 5.41) is 0. The molecule has 0 aliphatic rings. The second kappa shape index (κ2) is 15.5. The lowest BCUT2D eigenvalue weighted by Crippen LogP contribution is -2.81. The zero-order chi connectivity index (χ0) is 40.1. The van der Waals surface area contributed by atoms with E-state index in [1.54, 1.807) is 0 Å². The average Bonchev–Trinajstić information content (AvgIpc) is 3.12. The molecule has 0 spiro atoms. The Morgan fingerprint density at radius 1 is 0.250 bits per heavy atom. The van der Waals surface area contributed by atoms with Gasteiger partial charge in [0.05, 0.1) is 18.5 Å². The SMILES string of the molecule is CC[PH+](CC)CC.Fc1c(F)c(F)c([B-](c2c(F)c(F)c(F)c(F)c2F)(c2c(F)c(F)c(F)c(F)c2F)c2c(F)c(F)c(F)c(F)c2F)c(F)c1F. The van der Waals surface area contributed by atoms with Crippen molar-refractivity contribution < 1.29 is 87.8 Å². The van der Waals surface area contributed by atoms with E-state index in [0.29, 0.717) is 0 Å². The van der Waals surface area contributed by atoms with Gasteiger partial charge in [-0.1, -0.05) is 0 Å². The van der Waals surface area contributed by atoms with Crippen molar-refractivity contribution in [3.05, 3.63) is 116 Å². The third-order valence-corrected chi connectivity index (χ3v) is 11.2. The Balaban J connectivity index is 0.000000944. The van der Waals surface area contributed by atoms with Gasteiger partial charge in [-0.05, 0) is 28.7 Å². The number of rotatable bonds is 7. The van der Waals surface area contributed by atoms with E-state index in [2.05, 4.69) is 20.8 Å². The van der Waals surface area contributed by atoms with Gasteiger partial charge in [-0.3, -0.25) is 0 Å². The van der Waals surface area contributed by atoms with Gasteiger partial charge in [0, 0.05) is 0 Å². The van der Waals surface area contributed by atoms with Crippen LogP contribution in [-0.2, 0) is 0 Å². The van der Waals surface area contributed by atoms with Crippen LogP contribution in [0.2, 0.25) is 0 Å². The predicted molar refractivity (Wildman–Crippen MR) is 149 cm³/mol. The van der Waals surface area contributed by atoms with Crippen molar-refractivity contribution in [1.82, 2.24) is 0 Å². The normalized spacial score (nSPS) is 11.8. The first-order valence-electron chi connectivity index (χ1n) is 14.1. The molecular formula is C30H16BF20P. The summed E-state index contributed by atoms with van der Waals surface area (Å²) < 4.78 is 294. The first kappa shape index (κ1) is 42.4. The van der Waals surface area contributed by atoms with Gasteiger partial charge in [-0.2, -0.15) is 0 Å². The van der Waals surface area contributed by atoms with Crippen LogP contribution in [0.4, 0.5) is 87.8 Å². The third kappa shape index (κ3) is 6.25. The van der Waals surface area contributed by atoms with Gasteiger partial charge in [0.2, 0.25) is 0 Å². The molecule has 0 N–H and O–H groups in total. The fraction of sp³-hybridized carbons (Fsp3) is 0.200. The summed E-state index contributed by atoms with van der Waals surface area (Å²) in [5.74, 6) is -71.4. The summed E-state index contributed by atoms with van der Waals surface area (Å²) in [5.41, 5.74) is -14.3. The minimum atomic E-state index is -7.22. The largest absolute Gasteiger partial charge is 0.207 e.